The van der Waals surface area contributed by atoms with Crippen molar-refractivity contribution in [2.24, 2.45) is 47.3 Å². The maximum Gasteiger partial charge on any atom is 0.330 e. The lowest BCUT2D eigenvalue weighted by Crippen LogP contribution is -2.31. The predicted molar refractivity (Wildman–Crippen MR) is 271 cm³/mol. The third-order valence-electron chi connectivity index (χ3n) is 15.4. The van der Waals surface area contributed by atoms with Crippen molar-refractivity contribution in [1.29, 1.82) is 10.5 Å². The molecule has 390 valence electrons. The molecular formula is C56H72N2O12S2. The molecule has 1 aromatic carbocycles. The summed E-state index contributed by atoms with van der Waals surface area (Å²) >= 11 is 2.36. The molecule has 1 heterocycles. The van der Waals surface area contributed by atoms with Gasteiger partial charge in [-0.15, -0.1) is 0 Å². The lowest BCUT2D eigenvalue weighted by molar-refractivity contribution is -0.151. The molecule has 0 aromatic heterocycles. The molecule has 16 heteroatoms. The van der Waals surface area contributed by atoms with E-state index in [1.54, 1.807) is 12.1 Å². The van der Waals surface area contributed by atoms with E-state index in [9.17, 15) is 39.3 Å². The van der Waals surface area contributed by atoms with Gasteiger partial charge in [-0.2, -0.15) is 10.5 Å². The number of carbonyl (C=O) groups excluding carboxylic acids is 6. The highest BCUT2D eigenvalue weighted by molar-refractivity contribution is 8.24. The summed E-state index contributed by atoms with van der Waals surface area (Å²) in [6.45, 7) is 8.51. The van der Waals surface area contributed by atoms with Gasteiger partial charge in [0.1, 0.15) is 35.8 Å². The largest absolute Gasteiger partial charge is 0.465 e. The minimum Gasteiger partial charge on any atom is -0.465 e. The molecule has 0 amide bonds. The van der Waals surface area contributed by atoms with E-state index in [0.717, 1.165) is 128 Å². The van der Waals surface area contributed by atoms with Gasteiger partial charge in [-0.05, 0) is 190 Å². The molecule has 72 heavy (non-hydrogen) atoms. The highest BCUT2D eigenvalue weighted by Gasteiger charge is 2.39. The number of allylic oxidation sites excluding steroid dienone is 1. The van der Waals surface area contributed by atoms with Gasteiger partial charge >= 0.3 is 29.8 Å². The van der Waals surface area contributed by atoms with E-state index >= 15 is 0 Å². The predicted octanol–water partition coefficient (Wildman–Crippen LogP) is 11.5. The first-order chi connectivity index (χ1) is 35.0. The zero-order chi connectivity index (χ0) is 51.2. The summed E-state index contributed by atoms with van der Waals surface area (Å²) in [5.74, 6) is 0.527. The molecule has 0 atom stereocenters. The number of unbranched alkanes of at least 4 members (excludes halogenated alkanes) is 5. The number of rotatable bonds is 25. The number of fused-ring (bicyclic) bond motifs is 1. The Hall–Kier alpha value is -4.90. The number of carbonyl (C=O) groups is 6. The van der Waals surface area contributed by atoms with Gasteiger partial charge in [-0.1, -0.05) is 36.7 Å². The molecule has 4 saturated carbocycles. The second-order valence-electron chi connectivity index (χ2n) is 20.0. The van der Waals surface area contributed by atoms with Gasteiger partial charge in [0.15, 0.2) is 5.78 Å². The van der Waals surface area contributed by atoms with Crippen LogP contribution in [0.1, 0.15) is 148 Å². The lowest BCUT2D eigenvalue weighted by atomic mass is 9.69. The molecule has 14 nitrogen and oxygen atoms in total. The Bertz CT molecular complexity index is 2030. The fourth-order valence-corrected chi connectivity index (χ4v) is 13.6. The van der Waals surface area contributed by atoms with E-state index in [2.05, 4.69) is 13.2 Å². The van der Waals surface area contributed by atoms with Gasteiger partial charge in [0.05, 0.1) is 57.5 Å². The van der Waals surface area contributed by atoms with Gasteiger partial charge in [-0.25, -0.2) is 4.79 Å². The smallest absolute Gasteiger partial charge is 0.330 e. The van der Waals surface area contributed by atoms with E-state index in [0.29, 0.717) is 101 Å². The summed E-state index contributed by atoms with van der Waals surface area (Å²) in [6.07, 6.45) is 21.8. The summed E-state index contributed by atoms with van der Waals surface area (Å²) < 4.78 is 34.1. The number of nitriles is 2. The van der Waals surface area contributed by atoms with Crippen LogP contribution < -0.4 is 9.47 Å². The van der Waals surface area contributed by atoms with Gasteiger partial charge in [-0.3, -0.25) is 24.0 Å². The first-order valence-electron chi connectivity index (χ1n) is 26.4. The van der Waals surface area contributed by atoms with E-state index < -0.39 is 5.97 Å². The van der Waals surface area contributed by atoms with Crippen LogP contribution in [0.4, 0.5) is 0 Å². The average molecular weight is 1030 g/mol. The van der Waals surface area contributed by atoms with Gasteiger partial charge < -0.3 is 28.4 Å². The molecule has 6 rings (SSSR count). The summed E-state index contributed by atoms with van der Waals surface area (Å²) in [5, 5.41) is 19.4. The molecule has 4 fully saturated rings. The van der Waals surface area contributed by atoms with Crippen molar-refractivity contribution in [3.63, 3.8) is 0 Å². The minimum absolute atomic E-state index is 0.0479. The first-order valence-corrected chi connectivity index (χ1v) is 28.0. The topological polar surface area (TPSA) is 205 Å². The zero-order valence-corrected chi connectivity index (χ0v) is 43.4. The summed E-state index contributed by atoms with van der Waals surface area (Å²) in [4.78, 5) is 76.5. The van der Waals surface area contributed by atoms with Crippen molar-refractivity contribution in [1.82, 2.24) is 0 Å². The number of hydrogen-bond donors (Lipinski definition) is 0. The molecule has 1 aromatic rings. The van der Waals surface area contributed by atoms with Crippen molar-refractivity contribution < 1.29 is 57.2 Å². The maximum atomic E-state index is 13.7. The Morgan fingerprint density at radius 1 is 0.500 bits per heavy atom. The highest BCUT2D eigenvalue weighted by atomic mass is 32.2. The number of nitrogens with zero attached hydrogens (tertiary/aromatic N) is 2. The number of ketones is 1. The van der Waals surface area contributed by atoms with Crippen LogP contribution in [0.15, 0.2) is 57.0 Å². The van der Waals surface area contributed by atoms with E-state index in [1.165, 1.54) is 29.6 Å². The van der Waals surface area contributed by atoms with Crippen LogP contribution in [0.25, 0.3) is 0 Å². The van der Waals surface area contributed by atoms with Crippen molar-refractivity contribution >= 4 is 59.2 Å². The number of esters is 5. The monoisotopic (exact) mass is 1030 g/mol. The third kappa shape index (κ3) is 16.8. The Labute approximate surface area is 433 Å². The minimum atomic E-state index is -0.414. The van der Waals surface area contributed by atoms with E-state index in [4.69, 9.17) is 28.4 Å². The Morgan fingerprint density at radius 3 is 1.24 bits per heavy atom. The van der Waals surface area contributed by atoms with Crippen LogP contribution in [0.3, 0.4) is 0 Å². The fourth-order valence-electron chi connectivity index (χ4n) is 11.1. The molecule has 0 unspecified atom stereocenters. The Kier molecular flexibility index (Phi) is 23.3. The van der Waals surface area contributed by atoms with Crippen molar-refractivity contribution in [2.45, 2.75) is 157 Å². The van der Waals surface area contributed by atoms with Gasteiger partial charge in [0.25, 0.3) is 0 Å². The van der Waals surface area contributed by atoms with Crippen LogP contribution >= 0.6 is 23.5 Å². The molecule has 1 aliphatic heterocycles. The quantitative estimate of drug-likeness (QED) is 0.0223. The van der Waals surface area contributed by atoms with Crippen LogP contribution in [-0.2, 0) is 47.7 Å². The van der Waals surface area contributed by atoms with E-state index in [-0.39, 0.29) is 65.5 Å². The van der Waals surface area contributed by atoms with Crippen molar-refractivity contribution in [2.75, 3.05) is 33.0 Å². The zero-order valence-electron chi connectivity index (χ0n) is 41.8. The Balaban J connectivity index is 0.903. The molecule has 0 N–H and O–H groups in total. The van der Waals surface area contributed by atoms with Gasteiger partial charge in [0.2, 0.25) is 0 Å². The average Bonchev–Trinajstić information content (AvgIpc) is 3.87. The normalized spacial score (nSPS) is 24.8. The van der Waals surface area contributed by atoms with Crippen LogP contribution in [0, 0.1) is 70.0 Å². The lowest BCUT2D eigenvalue weighted by Gasteiger charge is -2.36. The number of thioether (sulfide) groups is 2. The third-order valence-corrected chi connectivity index (χ3v) is 18.0. The molecular weight excluding hydrogens is 957 g/mol. The van der Waals surface area contributed by atoms with Crippen molar-refractivity contribution in [3.05, 3.63) is 47.3 Å². The van der Waals surface area contributed by atoms with Crippen LogP contribution in [0.5, 0.6) is 11.5 Å². The SMILES string of the molecule is C=CC(=O)COCCCCCOC(=O)C1CCC(C2CCC(C(=O)Oc3ccc(OC(=O)C4CCC(C5CCC(C(=O)OCCCCCCOC(=O)C=C)CC5)CC4)c4c3SC(=C(C#N)C#N)S4)CC2)CC1. The molecule has 0 spiro atoms. The van der Waals surface area contributed by atoms with Crippen LogP contribution in [-0.4, -0.2) is 68.7 Å². The molecule has 0 saturated heterocycles. The number of benzene rings is 1. The maximum absolute atomic E-state index is 13.7. The second kappa shape index (κ2) is 29.7. The molecule has 5 aliphatic rings. The molecule has 0 bridgehead atoms. The number of hydrogen-bond acceptors (Lipinski definition) is 16. The molecule has 4 aliphatic carbocycles. The van der Waals surface area contributed by atoms with E-state index in [1.807, 2.05) is 12.1 Å². The summed E-state index contributed by atoms with van der Waals surface area (Å²) in [7, 11) is 0. The number of ether oxygens (including phenoxy) is 6. The summed E-state index contributed by atoms with van der Waals surface area (Å²) in [5.41, 5.74) is -0.0631. The second-order valence-corrected chi connectivity index (χ2v) is 22.3. The summed E-state index contributed by atoms with van der Waals surface area (Å²) in [6, 6.07) is 7.22. The highest BCUT2D eigenvalue weighted by Crippen LogP contribution is 2.59. The molecule has 0 radical (unpaired) electrons. The first kappa shape index (κ1) is 56.4. The Morgan fingerprint density at radius 2 is 0.861 bits per heavy atom. The van der Waals surface area contributed by atoms with Crippen LogP contribution in [0.2, 0.25) is 0 Å². The van der Waals surface area contributed by atoms with Crippen molar-refractivity contribution in [3.8, 4) is 23.6 Å². The standard InChI is InChI=1S/C56H72N2O12S2/c1-3-46(59)36-65-30-8-7-11-33-68-53(62)42-22-14-38(15-23-42)40-18-26-44(27-19-40)55(64)70-48-29-28-47(50-51(48)72-56(71-50)45(34-57)35-58)69-54(63)43-24-16-39(17-25-43)37-12-20-41(21-13-37)52(61)67-32-10-6-5-9-31-66-49(60)4-2/h3-4,28-29,37-44H,1-2,5-27,30-33,36H2. The fraction of sp³-hybridized carbons (Fsp3) is 0.643. The van der Waals surface area contributed by atoms with Gasteiger partial charge in [0, 0.05) is 12.7 Å².